The SMILES string of the molecule is CC(N)CCCC(C)C(=O)c1ccc(F)c(C(F)(F)F)c1. The molecular weight excluding hydrogens is 286 g/mol. The molecule has 0 saturated carbocycles. The number of benzene rings is 1. The first-order valence-electron chi connectivity index (χ1n) is 6.79. The van der Waals surface area contributed by atoms with E-state index in [4.69, 9.17) is 5.73 Å². The van der Waals surface area contributed by atoms with Gasteiger partial charge in [-0.15, -0.1) is 0 Å². The molecule has 2 unspecified atom stereocenters. The fourth-order valence-corrected chi connectivity index (χ4v) is 2.06. The van der Waals surface area contributed by atoms with Crippen molar-refractivity contribution < 1.29 is 22.4 Å². The second-order valence-electron chi connectivity index (χ2n) is 5.37. The lowest BCUT2D eigenvalue weighted by Gasteiger charge is -2.13. The molecule has 0 spiro atoms. The topological polar surface area (TPSA) is 43.1 Å². The first-order chi connectivity index (χ1) is 9.62. The Labute approximate surface area is 121 Å². The molecule has 1 aromatic rings. The molecule has 0 saturated heterocycles. The molecule has 118 valence electrons. The Balaban J connectivity index is 2.83. The molecule has 2 atom stereocenters. The van der Waals surface area contributed by atoms with Gasteiger partial charge in [0.15, 0.2) is 5.78 Å². The van der Waals surface area contributed by atoms with Crippen molar-refractivity contribution in [3.63, 3.8) is 0 Å². The maximum absolute atomic E-state index is 13.2. The van der Waals surface area contributed by atoms with Crippen LogP contribution in [-0.2, 0) is 6.18 Å². The van der Waals surface area contributed by atoms with E-state index in [0.29, 0.717) is 18.6 Å². The third-order valence-electron chi connectivity index (χ3n) is 3.30. The third-order valence-corrected chi connectivity index (χ3v) is 3.30. The Morgan fingerprint density at radius 1 is 1.24 bits per heavy atom. The van der Waals surface area contributed by atoms with Crippen LogP contribution in [-0.4, -0.2) is 11.8 Å². The molecule has 2 nitrogen and oxygen atoms in total. The maximum Gasteiger partial charge on any atom is 0.419 e. The van der Waals surface area contributed by atoms with Crippen LogP contribution < -0.4 is 5.73 Å². The van der Waals surface area contributed by atoms with Crippen LogP contribution in [0, 0.1) is 11.7 Å². The number of carbonyl (C=O) groups excluding carboxylic acids is 1. The van der Waals surface area contributed by atoms with Crippen LogP contribution in [0.3, 0.4) is 0 Å². The Hall–Kier alpha value is -1.43. The zero-order valence-electron chi connectivity index (χ0n) is 12.0. The van der Waals surface area contributed by atoms with Crippen LogP contribution >= 0.6 is 0 Å². The molecule has 0 heterocycles. The predicted molar refractivity (Wildman–Crippen MR) is 72.4 cm³/mol. The van der Waals surface area contributed by atoms with Crippen LogP contribution in [0.15, 0.2) is 18.2 Å². The average molecular weight is 305 g/mol. The van der Waals surface area contributed by atoms with Gasteiger partial charge in [-0.1, -0.05) is 13.3 Å². The molecule has 1 rings (SSSR count). The molecule has 2 N–H and O–H groups in total. The van der Waals surface area contributed by atoms with Gasteiger partial charge in [0.25, 0.3) is 0 Å². The summed E-state index contributed by atoms with van der Waals surface area (Å²) < 4.78 is 51.0. The summed E-state index contributed by atoms with van der Waals surface area (Å²) in [6.45, 7) is 3.50. The van der Waals surface area contributed by atoms with E-state index < -0.39 is 29.3 Å². The minimum absolute atomic E-state index is 0.0231. The highest BCUT2D eigenvalue weighted by Crippen LogP contribution is 2.32. The first-order valence-corrected chi connectivity index (χ1v) is 6.79. The van der Waals surface area contributed by atoms with Crippen molar-refractivity contribution in [2.24, 2.45) is 11.7 Å². The Morgan fingerprint density at radius 3 is 2.38 bits per heavy atom. The Kier molecular flexibility index (Phi) is 5.89. The fraction of sp³-hybridized carbons (Fsp3) is 0.533. The smallest absolute Gasteiger partial charge is 0.328 e. The summed E-state index contributed by atoms with van der Waals surface area (Å²) in [4.78, 5) is 12.1. The third kappa shape index (κ3) is 5.12. The van der Waals surface area contributed by atoms with Crippen molar-refractivity contribution >= 4 is 5.78 Å². The van der Waals surface area contributed by atoms with Crippen LogP contribution in [0.25, 0.3) is 0 Å². The van der Waals surface area contributed by atoms with E-state index in [-0.39, 0.29) is 11.6 Å². The molecule has 0 radical (unpaired) electrons. The minimum atomic E-state index is -4.81. The number of ketones is 1. The first kappa shape index (κ1) is 17.6. The van der Waals surface area contributed by atoms with E-state index in [1.165, 1.54) is 0 Å². The average Bonchev–Trinajstić information content (AvgIpc) is 2.36. The lowest BCUT2D eigenvalue weighted by molar-refractivity contribution is -0.140. The molecule has 0 amide bonds. The quantitative estimate of drug-likeness (QED) is 0.633. The summed E-state index contributed by atoms with van der Waals surface area (Å²) in [5.74, 6) is -2.20. The van der Waals surface area contributed by atoms with E-state index in [0.717, 1.165) is 18.9 Å². The largest absolute Gasteiger partial charge is 0.419 e. The van der Waals surface area contributed by atoms with Crippen molar-refractivity contribution in [1.29, 1.82) is 0 Å². The van der Waals surface area contributed by atoms with Crippen molar-refractivity contribution in [2.75, 3.05) is 0 Å². The number of Topliss-reactive ketones (excluding diaryl/α,β-unsaturated/α-hetero) is 1. The van der Waals surface area contributed by atoms with Crippen molar-refractivity contribution in [3.05, 3.63) is 35.1 Å². The van der Waals surface area contributed by atoms with Crippen LogP contribution in [0.2, 0.25) is 0 Å². The zero-order chi connectivity index (χ0) is 16.2. The lowest BCUT2D eigenvalue weighted by atomic mass is 9.93. The van der Waals surface area contributed by atoms with Crippen molar-refractivity contribution in [3.8, 4) is 0 Å². The van der Waals surface area contributed by atoms with E-state index in [1.54, 1.807) is 6.92 Å². The molecule has 0 aromatic heterocycles. The van der Waals surface area contributed by atoms with Crippen LogP contribution in [0.1, 0.15) is 49.0 Å². The highest BCUT2D eigenvalue weighted by atomic mass is 19.4. The summed E-state index contributed by atoms with van der Waals surface area (Å²) in [6, 6.07) is 2.38. The summed E-state index contributed by atoms with van der Waals surface area (Å²) in [7, 11) is 0. The minimum Gasteiger partial charge on any atom is -0.328 e. The van der Waals surface area contributed by atoms with Gasteiger partial charge in [-0.05, 0) is 38.0 Å². The van der Waals surface area contributed by atoms with Gasteiger partial charge in [-0.3, -0.25) is 4.79 Å². The normalized spacial score (nSPS) is 14.8. The molecule has 1 aromatic carbocycles. The number of hydrogen-bond acceptors (Lipinski definition) is 2. The maximum atomic E-state index is 13.2. The van der Waals surface area contributed by atoms with Gasteiger partial charge in [0.1, 0.15) is 5.82 Å². The van der Waals surface area contributed by atoms with Crippen molar-refractivity contribution in [2.45, 2.75) is 45.3 Å². The highest BCUT2D eigenvalue weighted by Gasteiger charge is 2.34. The molecule has 0 bridgehead atoms. The predicted octanol–water partition coefficient (Wildman–Crippen LogP) is 4.18. The van der Waals surface area contributed by atoms with E-state index >= 15 is 0 Å². The van der Waals surface area contributed by atoms with Gasteiger partial charge in [0, 0.05) is 17.5 Å². The number of hydrogen-bond donors (Lipinski definition) is 1. The number of alkyl halides is 3. The molecule has 0 aliphatic heterocycles. The molecule has 6 heteroatoms. The second kappa shape index (κ2) is 7.02. The summed E-state index contributed by atoms with van der Waals surface area (Å²) >= 11 is 0. The van der Waals surface area contributed by atoms with Gasteiger partial charge in [0.05, 0.1) is 5.56 Å². The second-order valence-corrected chi connectivity index (χ2v) is 5.37. The fourth-order valence-electron chi connectivity index (χ4n) is 2.06. The van der Waals surface area contributed by atoms with Gasteiger partial charge < -0.3 is 5.73 Å². The Bertz CT molecular complexity index is 497. The highest BCUT2D eigenvalue weighted by molar-refractivity contribution is 5.97. The Morgan fingerprint density at radius 2 is 1.86 bits per heavy atom. The van der Waals surface area contributed by atoms with Crippen LogP contribution in [0.4, 0.5) is 17.6 Å². The van der Waals surface area contributed by atoms with Crippen molar-refractivity contribution in [1.82, 2.24) is 0 Å². The summed E-state index contributed by atoms with van der Waals surface area (Å²) in [5.41, 5.74) is 4.08. The lowest BCUT2D eigenvalue weighted by Crippen LogP contribution is -2.17. The standard InChI is InChI=1S/C15H19F4NO/c1-9(4-3-5-10(2)20)14(21)11-6-7-13(16)12(8-11)15(17,18)19/h6-10H,3-5,20H2,1-2H3. The van der Waals surface area contributed by atoms with Gasteiger partial charge >= 0.3 is 6.18 Å². The number of halogens is 4. The van der Waals surface area contributed by atoms with Gasteiger partial charge in [0.2, 0.25) is 0 Å². The van der Waals surface area contributed by atoms with E-state index in [2.05, 4.69) is 0 Å². The summed E-state index contributed by atoms with van der Waals surface area (Å²) in [5, 5.41) is 0. The molecular formula is C15H19F4NO. The molecule has 21 heavy (non-hydrogen) atoms. The zero-order valence-corrected chi connectivity index (χ0v) is 12.0. The summed E-state index contributed by atoms with van der Waals surface area (Å²) in [6.07, 6.45) is -2.80. The number of carbonyl (C=O) groups is 1. The number of nitrogens with two attached hydrogens (primary N) is 1. The molecule has 0 aliphatic rings. The van der Waals surface area contributed by atoms with Gasteiger partial charge in [-0.2, -0.15) is 13.2 Å². The van der Waals surface area contributed by atoms with Gasteiger partial charge in [-0.25, -0.2) is 4.39 Å². The molecule has 0 fully saturated rings. The van der Waals surface area contributed by atoms with E-state index in [9.17, 15) is 22.4 Å². The van der Waals surface area contributed by atoms with Crippen LogP contribution in [0.5, 0.6) is 0 Å². The molecule has 0 aliphatic carbocycles. The number of rotatable bonds is 6. The monoisotopic (exact) mass is 305 g/mol. The van der Waals surface area contributed by atoms with E-state index in [1.807, 2.05) is 6.92 Å².